The number of aromatic nitrogens is 1. The predicted octanol–water partition coefficient (Wildman–Crippen LogP) is 9.13. The number of benzene rings is 7. The third kappa shape index (κ3) is 1.84. The van der Waals surface area contributed by atoms with E-state index in [1.165, 1.54) is 70.0 Å². The monoisotopic (exact) mass is 427 g/mol. The van der Waals surface area contributed by atoms with Crippen LogP contribution in [-0.2, 0) is 0 Å². The van der Waals surface area contributed by atoms with Gasteiger partial charge in [0.25, 0.3) is 0 Å². The van der Waals surface area contributed by atoms with E-state index < -0.39 is 0 Å². The van der Waals surface area contributed by atoms with Crippen LogP contribution < -0.4 is 0 Å². The van der Waals surface area contributed by atoms with Crippen LogP contribution in [0.3, 0.4) is 0 Å². The Morgan fingerprint density at radius 2 is 0.882 bits per heavy atom. The van der Waals surface area contributed by atoms with Gasteiger partial charge in [-0.3, -0.25) is 0 Å². The highest BCUT2D eigenvalue weighted by molar-refractivity contribution is 6.49. The lowest BCUT2D eigenvalue weighted by molar-refractivity contribution is 1.43. The molecule has 1 heteroatoms. The molecule has 0 aliphatic rings. The molecule has 1 aromatic heterocycles. The fraction of sp³-hybridized carbons (Fsp3) is 0. The molecule has 8 aromatic carbocycles. The molecule has 0 radical (unpaired) electrons. The van der Waals surface area contributed by atoms with Crippen LogP contribution in [0.4, 0.5) is 0 Å². The summed E-state index contributed by atoms with van der Waals surface area (Å²) < 4.78 is 0. The average molecular weight is 428 g/mol. The van der Waals surface area contributed by atoms with Crippen LogP contribution >= 0.6 is 0 Å². The Labute approximate surface area is 194 Å². The van der Waals surface area contributed by atoms with Crippen LogP contribution in [0.5, 0.6) is 0 Å². The Morgan fingerprint density at radius 3 is 1.56 bits per heavy atom. The van der Waals surface area contributed by atoms with E-state index in [0.29, 0.717) is 0 Å². The number of rotatable bonds is 1. The first kappa shape index (κ1) is 17.0. The minimum atomic E-state index is 1.05. The van der Waals surface area contributed by atoms with Crippen molar-refractivity contribution >= 4 is 75.5 Å². The summed E-state index contributed by atoms with van der Waals surface area (Å²) in [5.41, 5.74) is 3.28. The number of pyridine rings is 1. The number of para-hydroxylation sites is 1. The summed E-state index contributed by atoms with van der Waals surface area (Å²) >= 11 is 0. The lowest BCUT2D eigenvalue weighted by Crippen LogP contribution is -1.92. The van der Waals surface area contributed by atoms with Crippen LogP contribution in [0.15, 0.2) is 103 Å². The van der Waals surface area contributed by atoms with Crippen molar-refractivity contribution in [2.24, 2.45) is 0 Å². The van der Waals surface area contributed by atoms with Crippen molar-refractivity contribution in [3.05, 3.63) is 103 Å². The van der Waals surface area contributed by atoms with Gasteiger partial charge in [-0.1, -0.05) is 97.1 Å². The van der Waals surface area contributed by atoms with Gasteiger partial charge >= 0.3 is 0 Å². The van der Waals surface area contributed by atoms with Crippen LogP contribution in [0.2, 0.25) is 0 Å². The van der Waals surface area contributed by atoms with Crippen molar-refractivity contribution in [2.45, 2.75) is 0 Å². The standard InChI is InChI=1S/C33H17N/c1-2-6-21(7-3-1)33-32-24-17-15-20-13-11-18-10-12-19-14-16-23(30-27(19)26(18)28(20)31(24)30)29(32)22-8-4-5-9-25(22)34-33/h1-17H. The van der Waals surface area contributed by atoms with Crippen molar-refractivity contribution in [1.82, 2.24) is 4.98 Å². The Balaban J connectivity index is 1.72. The van der Waals surface area contributed by atoms with E-state index >= 15 is 0 Å². The van der Waals surface area contributed by atoms with Crippen LogP contribution in [0.1, 0.15) is 0 Å². The van der Waals surface area contributed by atoms with Gasteiger partial charge in [-0.25, -0.2) is 4.98 Å². The Morgan fingerprint density at radius 1 is 0.353 bits per heavy atom. The normalized spacial score (nSPS) is 12.7. The molecule has 0 saturated heterocycles. The van der Waals surface area contributed by atoms with Crippen molar-refractivity contribution in [3.8, 4) is 11.3 Å². The molecule has 0 spiro atoms. The Kier molecular flexibility index (Phi) is 2.86. The Bertz CT molecular complexity index is 2200. The zero-order valence-electron chi connectivity index (χ0n) is 18.3. The van der Waals surface area contributed by atoms with Gasteiger partial charge in [0.2, 0.25) is 0 Å². The van der Waals surface area contributed by atoms with Gasteiger partial charge < -0.3 is 0 Å². The van der Waals surface area contributed by atoms with E-state index in [1.807, 2.05) is 0 Å². The van der Waals surface area contributed by atoms with Gasteiger partial charge in [0.15, 0.2) is 0 Å². The topological polar surface area (TPSA) is 12.9 Å². The van der Waals surface area contributed by atoms with E-state index in [4.69, 9.17) is 4.98 Å². The highest BCUT2D eigenvalue weighted by atomic mass is 14.7. The van der Waals surface area contributed by atoms with Crippen molar-refractivity contribution in [2.75, 3.05) is 0 Å². The first-order chi connectivity index (χ1) is 16.9. The minimum absolute atomic E-state index is 1.05. The molecule has 9 aromatic rings. The molecular formula is C33H17N. The zero-order chi connectivity index (χ0) is 22.0. The second-order valence-electron chi connectivity index (χ2n) is 9.50. The second-order valence-corrected chi connectivity index (χ2v) is 9.50. The molecule has 0 aliphatic carbocycles. The minimum Gasteiger partial charge on any atom is -0.247 e. The molecule has 0 atom stereocenters. The molecule has 154 valence electrons. The average Bonchev–Trinajstić information content (AvgIpc) is 3.27. The Hall–Kier alpha value is -4.49. The van der Waals surface area contributed by atoms with E-state index in [1.54, 1.807) is 0 Å². The van der Waals surface area contributed by atoms with Gasteiger partial charge in [0.1, 0.15) is 0 Å². The molecule has 0 aliphatic heterocycles. The SMILES string of the molecule is c1ccc(-c2nc3ccccc3c3c4ccc5ccc6ccc7ccc(c23)c2c7c6c5c42)cc1. The van der Waals surface area contributed by atoms with E-state index in [0.717, 1.165) is 16.8 Å². The number of fused-ring (bicyclic) bond motifs is 5. The summed E-state index contributed by atoms with van der Waals surface area (Å²) in [6.45, 7) is 0. The third-order valence-corrected chi connectivity index (χ3v) is 7.88. The molecule has 0 fully saturated rings. The quantitative estimate of drug-likeness (QED) is 0.238. The first-order valence-electron chi connectivity index (χ1n) is 11.8. The molecule has 0 amide bonds. The molecule has 34 heavy (non-hydrogen) atoms. The van der Waals surface area contributed by atoms with Crippen molar-refractivity contribution in [3.63, 3.8) is 0 Å². The molecule has 0 saturated carbocycles. The largest absolute Gasteiger partial charge is 0.247 e. The summed E-state index contributed by atoms with van der Waals surface area (Å²) in [6, 6.07) is 37.7. The number of nitrogens with zero attached hydrogens (tertiary/aromatic N) is 1. The molecule has 9 rings (SSSR count). The molecule has 0 N–H and O–H groups in total. The summed E-state index contributed by atoms with van der Waals surface area (Å²) in [6.07, 6.45) is 0. The third-order valence-electron chi connectivity index (χ3n) is 7.88. The highest BCUT2D eigenvalue weighted by Crippen LogP contribution is 2.52. The fourth-order valence-electron chi connectivity index (χ4n) is 6.54. The molecule has 1 nitrogen and oxygen atoms in total. The number of hydrogen-bond donors (Lipinski definition) is 0. The lowest BCUT2D eigenvalue weighted by Gasteiger charge is -2.16. The van der Waals surface area contributed by atoms with Gasteiger partial charge in [-0.05, 0) is 59.9 Å². The van der Waals surface area contributed by atoms with Gasteiger partial charge in [-0.2, -0.15) is 0 Å². The fourth-order valence-corrected chi connectivity index (χ4v) is 6.54. The summed E-state index contributed by atoms with van der Waals surface area (Å²) in [5.74, 6) is 0. The maximum absolute atomic E-state index is 5.26. The molecule has 1 heterocycles. The highest BCUT2D eigenvalue weighted by Gasteiger charge is 2.24. The van der Waals surface area contributed by atoms with E-state index in [-0.39, 0.29) is 0 Å². The first-order valence-corrected chi connectivity index (χ1v) is 11.8. The summed E-state index contributed by atoms with van der Waals surface area (Å²) in [5, 5.41) is 17.5. The summed E-state index contributed by atoms with van der Waals surface area (Å²) in [7, 11) is 0. The van der Waals surface area contributed by atoms with E-state index in [2.05, 4.69) is 103 Å². The van der Waals surface area contributed by atoms with Crippen molar-refractivity contribution < 1.29 is 0 Å². The van der Waals surface area contributed by atoms with Crippen LogP contribution in [0, 0.1) is 0 Å². The van der Waals surface area contributed by atoms with Gasteiger partial charge in [0, 0.05) is 21.7 Å². The molecule has 0 bridgehead atoms. The van der Waals surface area contributed by atoms with E-state index in [9.17, 15) is 0 Å². The number of hydrogen-bond acceptors (Lipinski definition) is 1. The van der Waals surface area contributed by atoms with Crippen LogP contribution in [0.25, 0.3) is 86.8 Å². The van der Waals surface area contributed by atoms with Crippen molar-refractivity contribution in [1.29, 1.82) is 0 Å². The van der Waals surface area contributed by atoms with Gasteiger partial charge in [0.05, 0.1) is 11.2 Å². The molecular weight excluding hydrogens is 410 g/mol. The van der Waals surface area contributed by atoms with Crippen LogP contribution in [-0.4, -0.2) is 4.98 Å². The zero-order valence-corrected chi connectivity index (χ0v) is 18.3. The molecule has 0 unspecified atom stereocenters. The second kappa shape index (κ2) is 5.70. The summed E-state index contributed by atoms with van der Waals surface area (Å²) in [4.78, 5) is 5.26. The maximum Gasteiger partial charge on any atom is 0.0794 e. The predicted molar refractivity (Wildman–Crippen MR) is 146 cm³/mol. The maximum atomic E-state index is 5.26. The van der Waals surface area contributed by atoms with Gasteiger partial charge in [-0.15, -0.1) is 0 Å². The smallest absolute Gasteiger partial charge is 0.0794 e. The lowest BCUT2D eigenvalue weighted by atomic mass is 9.89.